The molecule has 0 amide bonds. The second kappa shape index (κ2) is 3.23. The van der Waals surface area contributed by atoms with Gasteiger partial charge >= 0.3 is 0 Å². The molecule has 0 spiro atoms. The summed E-state index contributed by atoms with van der Waals surface area (Å²) < 4.78 is 0. The monoisotopic (exact) mass is 200 g/mol. The third-order valence-corrected chi connectivity index (χ3v) is 3.18. The van der Waals surface area contributed by atoms with Crippen molar-refractivity contribution in [2.24, 2.45) is 0 Å². The molecule has 0 radical (unpaired) electrons. The highest BCUT2D eigenvalue weighted by atomic mass is 15.2. The highest BCUT2D eigenvalue weighted by molar-refractivity contribution is 5.77. The lowest BCUT2D eigenvalue weighted by Crippen LogP contribution is -2.22. The van der Waals surface area contributed by atoms with Crippen LogP contribution in [-0.2, 0) is 5.41 Å². The first kappa shape index (κ1) is 9.97. The van der Waals surface area contributed by atoms with Crippen molar-refractivity contribution in [1.29, 1.82) is 5.41 Å². The minimum atomic E-state index is 0.00287. The predicted octanol–water partition coefficient (Wildman–Crippen LogP) is 2.95. The normalized spacial score (nSPS) is 20.5. The van der Waals surface area contributed by atoms with E-state index >= 15 is 0 Å². The minimum absolute atomic E-state index is 0.00287. The Morgan fingerprint density at radius 1 is 1.27 bits per heavy atom. The van der Waals surface area contributed by atoms with Crippen LogP contribution in [0.15, 0.2) is 36.0 Å². The lowest BCUT2D eigenvalue weighted by atomic mass is 9.84. The van der Waals surface area contributed by atoms with Crippen LogP contribution in [-0.4, -0.2) is 13.3 Å². The summed E-state index contributed by atoms with van der Waals surface area (Å²) in [6, 6.07) is 8.42. The number of likely N-dealkylation sites (N-methyl/N-ethyl adjacent to an activating group) is 1. The SMILES string of the molecule is CN1/C(=C\C=N)C(C)(C)c2ccccc21. The Morgan fingerprint density at radius 3 is 2.53 bits per heavy atom. The molecule has 2 nitrogen and oxygen atoms in total. The molecule has 78 valence electrons. The third-order valence-electron chi connectivity index (χ3n) is 3.18. The van der Waals surface area contributed by atoms with Crippen LogP contribution in [0, 0.1) is 5.41 Å². The van der Waals surface area contributed by atoms with Crippen molar-refractivity contribution in [2.45, 2.75) is 19.3 Å². The Balaban J connectivity index is 2.64. The number of para-hydroxylation sites is 1. The summed E-state index contributed by atoms with van der Waals surface area (Å²) in [5, 5.41) is 7.21. The molecular formula is C13H16N2. The number of rotatable bonds is 1. The first-order valence-electron chi connectivity index (χ1n) is 5.13. The van der Waals surface area contributed by atoms with Crippen LogP contribution >= 0.6 is 0 Å². The first-order valence-corrected chi connectivity index (χ1v) is 5.13. The Labute approximate surface area is 90.7 Å². The molecule has 0 atom stereocenters. The second-order valence-electron chi connectivity index (χ2n) is 4.42. The van der Waals surface area contributed by atoms with Gasteiger partial charge in [0, 0.05) is 30.1 Å². The number of anilines is 1. The fraction of sp³-hybridized carbons (Fsp3) is 0.308. The Hall–Kier alpha value is -1.57. The molecule has 0 unspecified atom stereocenters. The van der Waals surface area contributed by atoms with E-state index in [0.29, 0.717) is 0 Å². The van der Waals surface area contributed by atoms with Gasteiger partial charge in [-0.15, -0.1) is 0 Å². The zero-order valence-electron chi connectivity index (χ0n) is 9.41. The van der Waals surface area contributed by atoms with Gasteiger partial charge in [-0.3, -0.25) is 0 Å². The Morgan fingerprint density at radius 2 is 1.93 bits per heavy atom. The van der Waals surface area contributed by atoms with Crippen LogP contribution < -0.4 is 4.90 Å². The molecule has 0 saturated heterocycles. The predicted molar refractivity (Wildman–Crippen MR) is 64.7 cm³/mol. The van der Waals surface area contributed by atoms with Crippen LogP contribution in [0.4, 0.5) is 5.69 Å². The van der Waals surface area contributed by atoms with Gasteiger partial charge in [0.05, 0.1) is 0 Å². The van der Waals surface area contributed by atoms with Crippen molar-refractivity contribution < 1.29 is 0 Å². The number of hydrogen-bond donors (Lipinski definition) is 1. The maximum atomic E-state index is 7.21. The fourth-order valence-corrected chi connectivity index (χ4v) is 2.38. The van der Waals surface area contributed by atoms with Gasteiger partial charge in [0.25, 0.3) is 0 Å². The lowest BCUT2D eigenvalue weighted by Gasteiger charge is -2.23. The van der Waals surface area contributed by atoms with E-state index in [1.165, 1.54) is 23.2 Å². The number of hydrogen-bond acceptors (Lipinski definition) is 2. The van der Waals surface area contributed by atoms with Gasteiger partial charge in [-0.05, 0) is 17.7 Å². The Bertz CT molecular complexity index is 430. The largest absolute Gasteiger partial charge is 0.347 e. The maximum Gasteiger partial charge on any atom is 0.0447 e. The lowest BCUT2D eigenvalue weighted by molar-refractivity contribution is 0.641. The van der Waals surface area contributed by atoms with Crippen LogP contribution in [0.1, 0.15) is 19.4 Å². The average molecular weight is 200 g/mol. The highest BCUT2D eigenvalue weighted by Crippen LogP contribution is 2.46. The van der Waals surface area contributed by atoms with Gasteiger partial charge in [-0.2, -0.15) is 0 Å². The molecule has 2 rings (SSSR count). The van der Waals surface area contributed by atoms with E-state index in [2.05, 4.69) is 50.1 Å². The molecule has 1 aliphatic heterocycles. The smallest absolute Gasteiger partial charge is 0.0447 e. The fourth-order valence-electron chi connectivity index (χ4n) is 2.38. The molecule has 0 aromatic heterocycles. The topological polar surface area (TPSA) is 27.1 Å². The van der Waals surface area contributed by atoms with Crippen molar-refractivity contribution in [2.75, 3.05) is 11.9 Å². The molecular weight excluding hydrogens is 184 g/mol. The second-order valence-corrected chi connectivity index (χ2v) is 4.42. The number of benzene rings is 1. The third kappa shape index (κ3) is 1.29. The van der Waals surface area contributed by atoms with Gasteiger partial charge in [0.1, 0.15) is 0 Å². The zero-order valence-corrected chi connectivity index (χ0v) is 9.41. The van der Waals surface area contributed by atoms with Crippen molar-refractivity contribution in [3.63, 3.8) is 0 Å². The molecule has 0 aliphatic carbocycles. The Kier molecular flexibility index (Phi) is 2.14. The summed E-state index contributed by atoms with van der Waals surface area (Å²) >= 11 is 0. The zero-order chi connectivity index (χ0) is 11.1. The molecule has 1 aromatic rings. The molecule has 2 heteroatoms. The molecule has 1 heterocycles. The van der Waals surface area contributed by atoms with Crippen LogP contribution in [0.5, 0.6) is 0 Å². The van der Waals surface area contributed by atoms with Gasteiger partial charge < -0.3 is 10.3 Å². The van der Waals surface area contributed by atoms with E-state index in [0.717, 1.165) is 0 Å². The van der Waals surface area contributed by atoms with Crippen LogP contribution in [0.3, 0.4) is 0 Å². The van der Waals surface area contributed by atoms with E-state index in [4.69, 9.17) is 5.41 Å². The number of fused-ring (bicyclic) bond motifs is 1. The molecule has 15 heavy (non-hydrogen) atoms. The quantitative estimate of drug-likeness (QED) is 0.693. The molecule has 1 aliphatic rings. The number of allylic oxidation sites excluding steroid dienone is 2. The average Bonchev–Trinajstić information content (AvgIpc) is 2.41. The number of nitrogens with one attached hydrogen (secondary N) is 1. The summed E-state index contributed by atoms with van der Waals surface area (Å²) in [6.07, 6.45) is 3.24. The summed E-state index contributed by atoms with van der Waals surface area (Å²) in [7, 11) is 2.06. The van der Waals surface area contributed by atoms with Crippen molar-refractivity contribution in [3.8, 4) is 0 Å². The van der Waals surface area contributed by atoms with Gasteiger partial charge in [0.15, 0.2) is 0 Å². The summed E-state index contributed by atoms with van der Waals surface area (Å²) in [4.78, 5) is 2.17. The molecule has 0 fully saturated rings. The van der Waals surface area contributed by atoms with E-state index in [-0.39, 0.29) is 5.41 Å². The van der Waals surface area contributed by atoms with E-state index < -0.39 is 0 Å². The van der Waals surface area contributed by atoms with Gasteiger partial charge in [-0.25, -0.2) is 0 Å². The molecule has 0 bridgehead atoms. The van der Waals surface area contributed by atoms with Gasteiger partial charge in [-0.1, -0.05) is 32.0 Å². The highest BCUT2D eigenvalue weighted by Gasteiger charge is 2.37. The standard InChI is InChI=1S/C13H16N2/c1-13(2)10-6-4-5-7-11(10)15(3)12(13)8-9-14/h4-9,14H,1-3H3/b12-8-,14-9?. The molecule has 0 saturated carbocycles. The molecule has 1 N–H and O–H groups in total. The maximum absolute atomic E-state index is 7.21. The van der Waals surface area contributed by atoms with Gasteiger partial charge in [0.2, 0.25) is 0 Å². The summed E-state index contributed by atoms with van der Waals surface area (Å²) in [6.45, 7) is 4.40. The van der Waals surface area contributed by atoms with E-state index in [1.807, 2.05) is 6.08 Å². The first-order chi connectivity index (χ1) is 7.09. The van der Waals surface area contributed by atoms with Crippen molar-refractivity contribution >= 4 is 11.9 Å². The summed E-state index contributed by atoms with van der Waals surface area (Å²) in [5.74, 6) is 0. The number of nitrogens with zero attached hydrogens (tertiary/aromatic N) is 1. The van der Waals surface area contributed by atoms with Crippen molar-refractivity contribution in [1.82, 2.24) is 0 Å². The van der Waals surface area contributed by atoms with E-state index in [1.54, 1.807) is 0 Å². The minimum Gasteiger partial charge on any atom is -0.347 e. The van der Waals surface area contributed by atoms with Crippen LogP contribution in [0.2, 0.25) is 0 Å². The van der Waals surface area contributed by atoms with E-state index in [9.17, 15) is 0 Å². The van der Waals surface area contributed by atoms with Crippen molar-refractivity contribution in [3.05, 3.63) is 41.6 Å². The van der Waals surface area contributed by atoms with Crippen LogP contribution in [0.25, 0.3) is 0 Å². The molecule has 1 aromatic carbocycles. The summed E-state index contributed by atoms with van der Waals surface area (Å²) in [5.41, 5.74) is 3.76.